The second-order valence-electron chi connectivity index (χ2n) is 4.92. The summed E-state index contributed by atoms with van der Waals surface area (Å²) in [6, 6.07) is 6.10. The molecular formula is C14H14FN3O3. The number of aromatic carboxylic acids is 1. The second kappa shape index (κ2) is 5.61. The van der Waals surface area contributed by atoms with E-state index in [0.717, 1.165) is 12.8 Å². The summed E-state index contributed by atoms with van der Waals surface area (Å²) in [6.45, 7) is 0.849. The number of halogens is 1. The highest BCUT2D eigenvalue weighted by molar-refractivity contribution is 5.86. The van der Waals surface area contributed by atoms with Gasteiger partial charge in [0, 0.05) is 6.61 Å². The fourth-order valence-corrected chi connectivity index (χ4v) is 2.51. The van der Waals surface area contributed by atoms with Crippen molar-refractivity contribution in [3.63, 3.8) is 0 Å². The molecule has 2 aromatic rings. The molecule has 1 aliphatic rings. The lowest BCUT2D eigenvalue weighted by atomic mass is 10.1. The monoisotopic (exact) mass is 291 g/mol. The molecule has 3 rings (SSSR count). The third kappa shape index (κ3) is 2.78. The minimum Gasteiger partial charge on any atom is -0.476 e. The highest BCUT2D eigenvalue weighted by atomic mass is 19.1. The summed E-state index contributed by atoms with van der Waals surface area (Å²) in [4.78, 5) is 11.3. The van der Waals surface area contributed by atoms with Gasteiger partial charge in [-0.15, -0.1) is 5.10 Å². The second-order valence-corrected chi connectivity index (χ2v) is 4.92. The van der Waals surface area contributed by atoms with Crippen LogP contribution in [0.3, 0.4) is 0 Å². The molecule has 1 saturated heterocycles. The van der Waals surface area contributed by atoms with Crippen LogP contribution < -0.4 is 0 Å². The Hall–Kier alpha value is -2.28. The number of carbonyl (C=O) groups is 1. The van der Waals surface area contributed by atoms with E-state index < -0.39 is 5.97 Å². The normalized spacial score (nSPS) is 18.0. The zero-order valence-corrected chi connectivity index (χ0v) is 11.2. The molecule has 0 bridgehead atoms. The van der Waals surface area contributed by atoms with E-state index >= 15 is 0 Å². The highest BCUT2D eigenvalue weighted by Crippen LogP contribution is 2.30. The molecule has 1 N–H and O–H groups in total. The van der Waals surface area contributed by atoms with Crippen LogP contribution in [0.15, 0.2) is 24.3 Å². The Balaban J connectivity index is 1.96. The lowest BCUT2D eigenvalue weighted by Gasteiger charge is -2.12. The van der Waals surface area contributed by atoms with E-state index in [2.05, 4.69) is 10.3 Å². The van der Waals surface area contributed by atoms with Crippen LogP contribution in [-0.2, 0) is 11.3 Å². The summed E-state index contributed by atoms with van der Waals surface area (Å²) in [6.07, 6.45) is 1.28. The molecule has 110 valence electrons. The number of carboxylic acids is 1. The standard InChI is InChI=1S/C14H14FN3O3/c15-10-4-1-3-9(7-10)8-18-13(11-5-2-6-21-11)12(14(19)20)16-17-18/h1,3-4,7,11H,2,5-6,8H2,(H,19,20). The quantitative estimate of drug-likeness (QED) is 0.932. The summed E-state index contributed by atoms with van der Waals surface area (Å²) in [5.74, 6) is -1.48. The van der Waals surface area contributed by atoms with Gasteiger partial charge in [0.25, 0.3) is 0 Å². The van der Waals surface area contributed by atoms with Gasteiger partial charge < -0.3 is 9.84 Å². The summed E-state index contributed by atoms with van der Waals surface area (Å²) in [5, 5.41) is 16.8. The minimum atomic E-state index is -1.13. The number of benzene rings is 1. The Morgan fingerprint density at radius 1 is 1.52 bits per heavy atom. The molecule has 1 fully saturated rings. The van der Waals surface area contributed by atoms with Gasteiger partial charge in [-0.2, -0.15) is 0 Å². The van der Waals surface area contributed by atoms with Gasteiger partial charge in [0.15, 0.2) is 5.69 Å². The summed E-state index contributed by atoms with van der Waals surface area (Å²) in [7, 11) is 0. The van der Waals surface area contributed by atoms with Crippen molar-refractivity contribution in [1.29, 1.82) is 0 Å². The number of carboxylic acid groups (broad SMARTS) is 1. The van der Waals surface area contributed by atoms with Crippen molar-refractivity contribution < 1.29 is 19.0 Å². The first-order valence-electron chi connectivity index (χ1n) is 6.68. The average molecular weight is 291 g/mol. The van der Waals surface area contributed by atoms with Crippen LogP contribution in [0.1, 0.15) is 40.7 Å². The van der Waals surface area contributed by atoms with E-state index in [1.165, 1.54) is 16.8 Å². The zero-order chi connectivity index (χ0) is 14.8. The smallest absolute Gasteiger partial charge is 0.358 e. The van der Waals surface area contributed by atoms with Crippen molar-refractivity contribution in [1.82, 2.24) is 15.0 Å². The predicted octanol–water partition coefficient (Wildman–Crippen LogP) is 2.02. The van der Waals surface area contributed by atoms with Crippen molar-refractivity contribution >= 4 is 5.97 Å². The highest BCUT2D eigenvalue weighted by Gasteiger charge is 2.29. The van der Waals surface area contributed by atoms with Crippen LogP contribution in [0, 0.1) is 5.82 Å². The summed E-state index contributed by atoms with van der Waals surface area (Å²) < 4.78 is 20.3. The topological polar surface area (TPSA) is 77.2 Å². The largest absolute Gasteiger partial charge is 0.476 e. The van der Waals surface area contributed by atoms with Crippen LogP contribution in [0.25, 0.3) is 0 Å². The van der Waals surface area contributed by atoms with Crippen molar-refractivity contribution in [2.24, 2.45) is 0 Å². The summed E-state index contributed by atoms with van der Waals surface area (Å²) >= 11 is 0. The van der Waals surface area contributed by atoms with Gasteiger partial charge in [0.05, 0.1) is 6.54 Å². The van der Waals surface area contributed by atoms with Crippen LogP contribution in [0.4, 0.5) is 4.39 Å². The molecule has 1 unspecified atom stereocenters. The number of nitrogens with zero attached hydrogens (tertiary/aromatic N) is 3. The van der Waals surface area contributed by atoms with Crippen molar-refractivity contribution in [2.75, 3.05) is 6.61 Å². The van der Waals surface area contributed by atoms with Gasteiger partial charge in [0.1, 0.15) is 17.6 Å². The van der Waals surface area contributed by atoms with E-state index in [4.69, 9.17) is 4.74 Å². The van der Waals surface area contributed by atoms with Crippen LogP contribution >= 0.6 is 0 Å². The molecule has 0 aliphatic carbocycles. The first kappa shape index (κ1) is 13.7. The molecule has 1 aromatic carbocycles. The Morgan fingerprint density at radius 2 is 2.38 bits per heavy atom. The van der Waals surface area contributed by atoms with Crippen LogP contribution in [-0.4, -0.2) is 32.7 Å². The molecule has 1 aliphatic heterocycles. The molecular weight excluding hydrogens is 277 g/mol. The number of hydrogen-bond acceptors (Lipinski definition) is 4. The van der Waals surface area contributed by atoms with Gasteiger partial charge >= 0.3 is 5.97 Å². The first-order chi connectivity index (χ1) is 10.1. The summed E-state index contributed by atoms with van der Waals surface area (Å²) in [5.41, 5.74) is 1.04. The number of hydrogen-bond donors (Lipinski definition) is 1. The molecule has 2 heterocycles. The van der Waals surface area contributed by atoms with Gasteiger partial charge in [-0.1, -0.05) is 17.3 Å². The van der Waals surface area contributed by atoms with Crippen molar-refractivity contribution in [3.05, 3.63) is 47.0 Å². The molecule has 1 aromatic heterocycles. The van der Waals surface area contributed by atoms with Gasteiger partial charge in [-0.05, 0) is 30.5 Å². The Morgan fingerprint density at radius 3 is 3.05 bits per heavy atom. The van der Waals surface area contributed by atoms with E-state index in [-0.39, 0.29) is 24.2 Å². The van der Waals surface area contributed by atoms with E-state index in [1.807, 2.05) is 0 Å². The SMILES string of the molecule is O=C(O)c1nnn(Cc2cccc(F)c2)c1C1CCCO1. The predicted molar refractivity (Wildman–Crippen MR) is 70.4 cm³/mol. The Labute approximate surface area is 120 Å². The number of aromatic nitrogens is 3. The van der Waals surface area contributed by atoms with Crippen LogP contribution in [0.2, 0.25) is 0 Å². The van der Waals surface area contributed by atoms with Gasteiger partial charge in [-0.3, -0.25) is 0 Å². The maximum absolute atomic E-state index is 13.2. The molecule has 6 nitrogen and oxygen atoms in total. The lowest BCUT2D eigenvalue weighted by Crippen LogP contribution is -2.13. The maximum atomic E-state index is 13.2. The van der Waals surface area contributed by atoms with Gasteiger partial charge in [-0.25, -0.2) is 13.9 Å². The van der Waals surface area contributed by atoms with Crippen molar-refractivity contribution in [3.8, 4) is 0 Å². The van der Waals surface area contributed by atoms with Gasteiger partial charge in [0.2, 0.25) is 0 Å². The zero-order valence-electron chi connectivity index (χ0n) is 11.2. The third-order valence-corrected chi connectivity index (χ3v) is 3.43. The maximum Gasteiger partial charge on any atom is 0.358 e. The Bertz CT molecular complexity index is 665. The molecule has 0 radical (unpaired) electrons. The molecule has 7 heteroatoms. The number of ether oxygens (including phenoxy) is 1. The van der Waals surface area contributed by atoms with E-state index in [9.17, 15) is 14.3 Å². The average Bonchev–Trinajstić information content (AvgIpc) is 3.06. The Kier molecular flexibility index (Phi) is 3.66. The fourth-order valence-electron chi connectivity index (χ4n) is 2.51. The molecule has 1 atom stereocenters. The minimum absolute atomic E-state index is 0.0988. The molecule has 0 spiro atoms. The number of rotatable bonds is 4. The first-order valence-corrected chi connectivity index (χ1v) is 6.68. The van der Waals surface area contributed by atoms with E-state index in [0.29, 0.717) is 17.9 Å². The molecule has 0 saturated carbocycles. The van der Waals surface area contributed by atoms with Crippen LogP contribution in [0.5, 0.6) is 0 Å². The molecule has 21 heavy (non-hydrogen) atoms. The third-order valence-electron chi connectivity index (χ3n) is 3.43. The lowest BCUT2D eigenvalue weighted by molar-refractivity contribution is 0.0672. The fraction of sp³-hybridized carbons (Fsp3) is 0.357. The van der Waals surface area contributed by atoms with Crippen molar-refractivity contribution in [2.45, 2.75) is 25.5 Å². The molecule has 0 amide bonds. The van der Waals surface area contributed by atoms with E-state index in [1.54, 1.807) is 12.1 Å².